The first-order valence-electron chi connectivity index (χ1n) is 2.65. The van der Waals surface area contributed by atoms with Crippen molar-refractivity contribution >= 4 is 0 Å². The number of hydrogen-bond donors (Lipinski definition) is 2. The van der Waals surface area contributed by atoms with E-state index in [0.29, 0.717) is 5.56 Å². The summed E-state index contributed by atoms with van der Waals surface area (Å²) in [7, 11) is 0. The summed E-state index contributed by atoms with van der Waals surface area (Å²) in [6.45, 7) is -0.264. The van der Waals surface area contributed by atoms with Crippen molar-refractivity contribution in [3.8, 4) is 0 Å². The van der Waals surface area contributed by atoms with Crippen LogP contribution in [0.3, 0.4) is 0 Å². The molecule has 0 aliphatic carbocycles. The zero-order valence-corrected chi connectivity index (χ0v) is 4.82. The summed E-state index contributed by atoms with van der Waals surface area (Å²) in [4.78, 5) is 0. The van der Waals surface area contributed by atoms with Crippen LogP contribution in [0.25, 0.3) is 0 Å². The van der Waals surface area contributed by atoms with Crippen LogP contribution in [0.1, 0.15) is 11.7 Å². The van der Waals surface area contributed by atoms with Gasteiger partial charge in [0.2, 0.25) is 0 Å². The third-order valence-electron chi connectivity index (χ3n) is 1.10. The Morgan fingerprint density at radius 3 is 2.89 bits per heavy atom. The Bertz CT molecular complexity index is 157. The van der Waals surface area contributed by atoms with Crippen LogP contribution in [0.5, 0.6) is 0 Å². The first-order chi connectivity index (χ1) is 4.34. The van der Waals surface area contributed by atoms with Crippen LogP contribution < -0.4 is 0 Å². The van der Waals surface area contributed by atoms with Crippen molar-refractivity contribution in [2.24, 2.45) is 0 Å². The molecule has 50 valence electrons. The Morgan fingerprint density at radius 2 is 2.44 bits per heavy atom. The van der Waals surface area contributed by atoms with Gasteiger partial charge >= 0.3 is 0 Å². The lowest BCUT2D eigenvalue weighted by Gasteiger charge is -2.00. The average Bonchev–Trinajstić information content (AvgIpc) is 2.37. The van der Waals surface area contributed by atoms with Gasteiger partial charge in [0, 0.05) is 5.56 Å². The van der Waals surface area contributed by atoms with Crippen molar-refractivity contribution in [1.82, 2.24) is 0 Å². The summed E-state index contributed by atoms with van der Waals surface area (Å²) in [5.41, 5.74) is 0.609. The summed E-state index contributed by atoms with van der Waals surface area (Å²) < 4.78 is 4.67. The van der Waals surface area contributed by atoms with Gasteiger partial charge < -0.3 is 14.6 Å². The van der Waals surface area contributed by atoms with E-state index < -0.39 is 6.10 Å². The van der Waals surface area contributed by atoms with Crippen LogP contribution in [0.2, 0.25) is 0 Å². The molecule has 3 nitrogen and oxygen atoms in total. The SMILES string of the molecule is OC[C@H](O)c1ccoc1. The van der Waals surface area contributed by atoms with Crippen LogP contribution >= 0.6 is 0 Å². The molecule has 0 aliphatic heterocycles. The molecule has 1 aromatic rings. The quantitative estimate of drug-likeness (QED) is 0.602. The zero-order chi connectivity index (χ0) is 6.69. The fraction of sp³-hybridized carbons (Fsp3) is 0.333. The van der Waals surface area contributed by atoms with E-state index in [0.717, 1.165) is 0 Å². The first-order valence-corrected chi connectivity index (χ1v) is 2.65. The fourth-order valence-corrected chi connectivity index (χ4v) is 0.570. The highest BCUT2D eigenvalue weighted by molar-refractivity contribution is 5.08. The van der Waals surface area contributed by atoms with E-state index in [2.05, 4.69) is 4.42 Å². The van der Waals surface area contributed by atoms with E-state index in [-0.39, 0.29) is 6.61 Å². The Kier molecular flexibility index (Phi) is 1.87. The fourth-order valence-electron chi connectivity index (χ4n) is 0.570. The van der Waals surface area contributed by atoms with Crippen molar-refractivity contribution in [1.29, 1.82) is 0 Å². The van der Waals surface area contributed by atoms with E-state index in [1.165, 1.54) is 12.5 Å². The maximum absolute atomic E-state index is 8.91. The molecule has 0 bridgehead atoms. The van der Waals surface area contributed by atoms with E-state index in [9.17, 15) is 0 Å². The predicted molar refractivity (Wildman–Crippen MR) is 30.8 cm³/mol. The van der Waals surface area contributed by atoms with Gasteiger partial charge in [0.15, 0.2) is 0 Å². The van der Waals surface area contributed by atoms with Gasteiger partial charge in [-0.05, 0) is 6.07 Å². The summed E-state index contributed by atoms with van der Waals surface area (Å²) in [5, 5.41) is 17.3. The minimum absolute atomic E-state index is 0.264. The highest BCUT2D eigenvalue weighted by Crippen LogP contribution is 2.10. The van der Waals surface area contributed by atoms with Gasteiger partial charge in [0.25, 0.3) is 0 Å². The van der Waals surface area contributed by atoms with Gasteiger partial charge in [0.05, 0.1) is 19.1 Å². The van der Waals surface area contributed by atoms with Gasteiger partial charge in [-0.15, -0.1) is 0 Å². The number of hydrogen-bond acceptors (Lipinski definition) is 3. The largest absolute Gasteiger partial charge is 0.472 e. The molecule has 0 fully saturated rings. The van der Waals surface area contributed by atoms with E-state index >= 15 is 0 Å². The molecule has 0 aliphatic rings. The molecule has 3 heteroatoms. The lowest BCUT2D eigenvalue weighted by molar-refractivity contribution is 0.0951. The molecule has 1 heterocycles. The third-order valence-corrected chi connectivity index (χ3v) is 1.10. The minimum Gasteiger partial charge on any atom is -0.472 e. The molecule has 1 atom stereocenters. The van der Waals surface area contributed by atoms with Crippen LogP contribution in [0.15, 0.2) is 23.0 Å². The van der Waals surface area contributed by atoms with Crippen LogP contribution in [-0.2, 0) is 0 Å². The maximum atomic E-state index is 8.91. The molecule has 0 amide bonds. The molecule has 0 radical (unpaired) electrons. The van der Waals surface area contributed by atoms with Crippen molar-refractivity contribution in [2.75, 3.05) is 6.61 Å². The molecular weight excluding hydrogens is 120 g/mol. The molecule has 0 unspecified atom stereocenters. The molecule has 9 heavy (non-hydrogen) atoms. The third kappa shape index (κ3) is 1.31. The Hall–Kier alpha value is -0.800. The highest BCUT2D eigenvalue weighted by Gasteiger charge is 2.04. The van der Waals surface area contributed by atoms with Crippen molar-refractivity contribution in [2.45, 2.75) is 6.10 Å². The van der Waals surface area contributed by atoms with E-state index in [4.69, 9.17) is 10.2 Å². The van der Waals surface area contributed by atoms with Crippen molar-refractivity contribution in [3.63, 3.8) is 0 Å². The van der Waals surface area contributed by atoms with Crippen molar-refractivity contribution in [3.05, 3.63) is 24.2 Å². The Balaban J connectivity index is 2.65. The zero-order valence-electron chi connectivity index (χ0n) is 4.82. The maximum Gasteiger partial charge on any atom is 0.105 e. The van der Waals surface area contributed by atoms with Gasteiger partial charge in [-0.25, -0.2) is 0 Å². The first kappa shape index (κ1) is 6.32. The Labute approximate surface area is 52.5 Å². The average molecular weight is 128 g/mol. The topological polar surface area (TPSA) is 53.6 Å². The monoisotopic (exact) mass is 128 g/mol. The lowest BCUT2D eigenvalue weighted by atomic mass is 10.2. The molecule has 0 spiro atoms. The normalized spacial score (nSPS) is 13.6. The lowest BCUT2D eigenvalue weighted by Crippen LogP contribution is -1.99. The number of aliphatic hydroxyl groups is 2. The summed E-state index contributed by atoms with van der Waals surface area (Å²) >= 11 is 0. The second-order valence-corrected chi connectivity index (χ2v) is 1.76. The summed E-state index contributed by atoms with van der Waals surface area (Å²) in [5.74, 6) is 0. The second kappa shape index (κ2) is 2.66. The van der Waals surface area contributed by atoms with E-state index in [1.54, 1.807) is 6.07 Å². The highest BCUT2D eigenvalue weighted by atomic mass is 16.3. The van der Waals surface area contributed by atoms with Gasteiger partial charge in [0.1, 0.15) is 6.10 Å². The molecule has 1 rings (SSSR count). The van der Waals surface area contributed by atoms with Gasteiger partial charge in [-0.2, -0.15) is 0 Å². The second-order valence-electron chi connectivity index (χ2n) is 1.76. The minimum atomic E-state index is -0.802. The predicted octanol–water partition coefficient (Wildman–Crippen LogP) is 0.305. The van der Waals surface area contributed by atoms with Crippen molar-refractivity contribution < 1.29 is 14.6 Å². The van der Waals surface area contributed by atoms with Crippen LogP contribution in [0, 0.1) is 0 Å². The Morgan fingerprint density at radius 1 is 1.67 bits per heavy atom. The van der Waals surface area contributed by atoms with Crippen LogP contribution in [0.4, 0.5) is 0 Å². The molecular formula is C6H8O3. The molecule has 1 aromatic heterocycles. The number of furan rings is 1. The molecule has 2 N–H and O–H groups in total. The summed E-state index contributed by atoms with van der Waals surface area (Å²) in [6.07, 6.45) is 2.05. The van der Waals surface area contributed by atoms with E-state index in [1.807, 2.05) is 0 Å². The number of rotatable bonds is 2. The summed E-state index contributed by atoms with van der Waals surface area (Å²) in [6, 6.07) is 1.61. The van der Waals surface area contributed by atoms with Gasteiger partial charge in [-0.1, -0.05) is 0 Å². The molecule has 0 saturated heterocycles. The molecule has 0 aromatic carbocycles. The number of aliphatic hydroxyl groups excluding tert-OH is 2. The van der Waals surface area contributed by atoms with Crippen LogP contribution in [-0.4, -0.2) is 16.8 Å². The molecule has 0 saturated carbocycles. The standard InChI is InChI=1S/C6H8O3/c7-3-6(8)5-1-2-9-4-5/h1-2,4,6-8H,3H2/t6-/m0/s1. The smallest absolute Gasteiger partial charge is 0.105 e. The van der Waals surface area contributed by atoms with Gasteiger partial charge in [-0.3, -0.25) is 0 Å².